The van der Waals surface area contributed by atoms with Gasteiger partial charge in [0.05, 0.1) is 0 Å². The van der Waals surface area contributed by atoms with Crippen molar-refractivity contribution >= 4 is 9.28 Å². The Labute approximate surface area is 77.1 Å². The van der Waals surface area contributed by atoms with Crippen LogP contribution in [0.2, 0.25) is 6.04 Å². The molecule has 2 N–H and O–H groups in total. The maximum Gasteiger partial charge on any atom is 0.321 e. The lowest BCUT2D eigenvalue weighted by molar-refractivity contribution is 0.212. The summed E-state index contributed by atoms with van der Waals surface area (Å²) in [7, 11) is -1.37. The molecule has 1 unspecified atom stereocenters. The molecule has 1 atom stereocenters. The molecule has 0 fully saturated rings. The highest BCUT2D eigenvalue weighted by Gasteiger charge is 2.12. The summed E-state index contributed by atoms with van der Waals surface area (Å²) in [6.07, 6.45) is 1.01. The van der Waals surface area contributed by atoms with Gasteiger partial charge in [-0.15, -0.1) is 0 Å². The first kappa shape index (κ1) is 12.1. The maximum absolute atomic E-state index is 5.64. The summed E-state index contributed by atoms with van der Waals surface area (Å²) >= 11 is 0. The van der Waals surface area contributed by atoms with E-state index in [0.29, 0.717) is 0 Å². The monoisotopic (exact) mass is 191 g/mol. The maximum atomic E-state index is 5.64. The van der Waals surface area contributed by atoms with E-state index in [0.717, 1.165) is 25.7 Å². The Morgan fingerprint density at radius 3 is 2.08 bits per heavy atom. The zero-order valence-corrected chi connectivity index (χ0v) is 9.53. The van der Waals surface area contributed by atoms with Crippen LogP contribution in [0.5, 0.6) is 0 Å². The molecule has 0 aromatic heterocycles. The van der Waals surface area contributed by atoms with Gasteiger partial charge in [0.1, 0.15) is 0 Å². The van der Waals surface area contributed by atoms with Crippen LogP contribution >= 0.6 is 0 Å². The quantitative estimate of drug-likeness (QED) is 0.611. The van der Waals surface area contributed by atoms with Crippen LogP contribution in [0, 0.1) is 0 Å². The lowest BCUT2D eigenvalue weighted by atomic mass is 10.3. The smallest absolute Gasteiger partial charge is 0.321 e. The zero-order valence-electron chi connectivity index (χ0n) is 8.38. The molecule has 74 valence electrons. The van der Waals surface area contributed by atoms with Gasteiger partial charge in [-0.3, -0.25) is 0 Å². The third kappa shape index (κ3) is 6.79. The van der Waals surface area contributed by atoms with Crippen molar-refractivity contribution in [3.8, 4) is 0 Å². The fraction of sp³-hybridized carbons (Fsp3) is 1.00. The van der Waals surface area contributed by atoms with Crippen LogP contribution in [-0.2, 0) is 8.85 Å². The van der Waals surface area contributed by atoms with Gasteiger partial charge in [0.25, 0.3) is 0 Å². The third-order valence-corrected chi connectivity index (χ3v) is 3.78. The average Bonchev–Trinajstić information content (AvgIpc) is 2.01. The predicted octanol–water partition coefficient (Wildman–Crippen LogP) is 1.02. The molecule has 0 saturated carbocycles. The van der Waals surface area contributed by atoms with E-state index in [9.17, 15) is 0 Å². The summed E-state index contributed by atoms with van der Waals surface area (Å²) in [4.78, 5) is 0. The second kappa shape index (κ2) is 7.73. The summed E-state index contributed by atoms with van der Waals surface area (Å²) in [5, 5.41) is 0. The largest absolute Gasteiger partial charge is 0.397 e. The lowest BCUT2D eigenvalue weighted by Gasteiger charge is -2.15. The highest BCUT2D eigenvalue weighted by molar-refractivity contribution is 6.44. The third-order valence-electron chi connectivity index (χ3n) is 1.56. The molecule has 0 aliphatic heterocycles. The van der Waals surface area contributed by atoms with Crippen molar-refractivity contribution in [2.45, 2.75) is 39.3 Å². The van der Waals surface area contributed by atoms with Crippen molar-refractivity contribution in [2.75, 3.05) is 13.2 Å². The van der Waals surface area contributed by atoms with E-state index >= 15 is 0 Å². The van der Waals surface area contributed by atoms with Crippen LogP contribution in [0.25, 0.3) is 0 Å². The molecule has 12 heavy (non-hydrogen) atoms. The molecule has 0 rings (SSSR count). The number of nitrogens with two attached hydrogens (primary N) is 1. The van der Waals surface area contributed by atoms with Crippen molar-refractivity contribution < 1.29 is 8.85 Å². The fourth-order valence-corrected chi connectivity index (χ4v) is 2.96. The topological polar surface area (TPSA) is 44.5 Å². The van der Waals surface area contributed by atoms with Gasteiger partial charge < -0.3 is 14.6 Å². The van der Waals surface area contributed by atoms with Gasteiger partial charge in [-0.05, 0) is 33.2 Å². The van der Waals surface area contributed by atoms with Crippen LogP contribution in [0.1, 0.15) is 27.2 Å². The molecule has 0 radical (unpaired) electrons. The van der Waals surface area contributed by atoms with Crippen LogP contribution in [0.15, 0.2) is 0 Å². The van der Waals surface area contributed by atoms with Crippen molar-refractivity contribution in [3.63, 3.8) is 0 Å². The standard InChI is InChI=1S/C8H21NO2Si/c1-4-10-12(11-5-2)7-6-8(3)9/h8,12H,4-7,9H2,1-3H3. The molecule has 0 bridgehead atoms. The Balaban J connectivity index is 3.48. The normalized spacial score (nSPS) is 13.8. The summed E-state index contributed by atoms with van der Waals surface area (Å²) in [6.45, 7) is 7.55. The van der Waals surface area contributed by atoms with Crippen molar-refractivity contribution in [3.05, 3.63) is 0 Å². The molecular formula is C8H21NO2Si. The zero-order chi connectivity index (χ0) is 9.40. The van der Waals surface area contributed by atoms with Crippen LogP contribution in [0.4, 0.5) is 0 Å². The number of hydrogen-bond acceptors (Lipinski definition) is 3. The van der Waals surface area contributed by atoms with Gasteiger partial charge in [0, 0.05) is 19.3 Å². The molecular weight excluding hydrogens is 170 g/mol. The first-order valence-electron chi connectivity index (χ1n) is 4.69. The van der Waals surface area contributed by atoms with Crippen LogP contribution < -0.4 is 5.73 Å². The summed E-state index contributed by atoms with van der Waals surface area (Å²) in [5.74, 6) is 0. The minimum atomic E-state index is -1.37. The van der Waals surface area contributed by atoms with Gasteiger partial charge in [0.15, 0.2) is 0 Å². The van der Waals surface area contributed by atoms with Crippen LogP contribution in [-0.4, -0.2) is 28.5 Å². The Morgan fingerprint density at radius 1 is 1.25 bits per heavy atom. The van der Waals surface area contributed by atoms with Gasteiger partial charge in [-0.25, -0.2) is 0 Å². The first-order chi connectivity index (χ1) is 5.70. The van der Waals surface area contributed by atoms with Gasteiger partial charge in [0.2, 0.25) is 0 Å². The Kier molecular flexibility index (Phi) is 7.79. The van der Waals surface area contributed by atoms with E-state index in [1.54, 1.807) is 0 Å². The van der Waals surface area contributed by atoms with Gasteiger partial charge >= 0.3 is 9.28 Å². The summed E-state index contributed by atoms with van der Waals surface area (Å²) < 4.78 is 11.0. The first-order valence-corrected chi connectivity index (χ1v) is 6.45. The van der Waals surface area contributed by atoms with E-state index in [1.807, 2.05) is 20.8 Å². The molecule has 4 heteroatoms. The Bertz CT molecular complexity index is 95.1. The molecule has 0 heterocycles. The van der Waals surface area contributed by atoms with E-state index in [1.165, 1.54) is 0 Å². The number of rotatable bonds is 7. The fourth-order valence-electron chi connectivity index (χ4n) is 0.986. The highest BCUT2D eigenvalue weighted by Crippen LogP contribution is 2.03. The molecule has 0 aromatic carbocycles. The van der Waals surface area contributed by atoms with Crippen molar-refractivity contribution in [1.29, 1.82) is 0 Å². The van der Waals surface area contributed by atoms with E-state index in [2.05, 4.69) is 0 Å². The predicted molar refractivity (Wildman–Crippen MR) is 53.5 cm³/mol. The molecule has 0 amide bonds. The molecule has 0 aliphatic carbocycles. The van der Waals surface area contributed by atoms with E-state index < -0.39 is 9.28 Å². The molecule has 0 saturated heterocycles. The minimum Gasteiger partial charge on any atom is -0.397 e. The van der Waals surface area contributed by atoms with Crippen molar-refractivity contribution in [1.82, 2.24) is 0 Å². The minimum absolute atomic E-state index is 0.265. The van der Waals surface area contributed by atoms with Gasteiger partial charge in [-0.2, -0.15) is 0 Å². The van der Waals surface area contributed by atoms with Crippen LogP contribution in [0.3, 0.4) is 0 Å². The lowest BCUT2D eigenvalue weighted by Crippen LogP contribution is -2.26. The second-order valence-electron chi connectivity index (χ2n) is 2.89. The number of hydrogen-bond donors (Lipinski definition) is 1. The summed E-state index contributed by atoms with van der Waals surface area (Å²) in [6, 6.07) is 1.29. The Hall–Kier alpha value is 0.0969. The van der Waals surface area contributed by atoms with Crippen molar-refractivity contribution in [2.24, 2.45) is 5.73 Å². The summed E-state index contributed by atoms with van der Waals surface area (Å²) in [5.41, 5.74) is 5.64. The van der Waals surface area contributed by atoms with E-state index in [-0.39, 0.29) is 6.04 Å². The van der Waals surface area contributed by atoms with Gasteiger partial charge in [-0.1, -0.05) is 0 Å². The SMILES string of the molecule is CCO[SiH](CCC(C)N)OCC. The second-order valence-corrected chi connectivity index (χ2v) is 5.00. The molecule has 0 spiro atoms. The molecule has 0 aliphatic rings. The highest BCUT2D eigenvalue weighted by atomic mass is 28.3. The average molecular weight is 191 g/mol. The van der Waals surface area contributed by atoms with E-state index in [4.69, 9.17) is 14.6 Å². The molecule has 3 nitrogen and oxygen atoms in total. The molecule has 0 aromatic rings. The Morgan fingerprint density at radius 2 is 1.75 bits per heavy atom.